The van der Waals surface area contributed by atoms with E-state index in [9.17, 15) is 18.0 Å². The van der Waals surface area contributed by atoms with Gasteiger partial charge in [-0.3, -0.25) is 4.79 Å². The van der Waals surface area contributed by atoms with Gasteiger partial charge in [0.1, 0.15) is 13.2 Å². The quantitative estimate of drug-likeness (QED) is 0.746. The maximum atomic E-state index is 11.8. The molecule has 0 spiro atoms. The van der Waals surface area contributed by atoms with Crippen molar-refractivity contribution in [3.63, 3.8) is 0 Å². The fourth-order valence-corrected chi connectivity index (χ4v) is 1.05. The van der Waals surface area contributed by atoms with Gasteiger partial charge in [-0.1, -0.05) is 13.8 Å². The third kappa shape index (κ3) is 6.48. The van der Waals surface area contributed by atoms with Crippen LogP contribution in [0.2, 0.25) is 0 Å². The van der Waals surface area contributed by atoms with Crippen molar-refractivity contribution in [2.75, 3.05) is 19.8 Å². The van der Waals surface area contributed by atoms with Crippen molar-refractivity contribution in [2.45, 2.75) is 32.5 Å². The van der Waals surface area contributed by atoms with E-state index in [2.05, 4.69) is 10.1 Å². The molecule has 102 valence electrons. The van der Waals surface area contributed by atoms with E-state index in [-0.39, 0.29) is 12.5 Å². The summed E-state index contributed by atoms with van der Waals surface area (Å²) in [4.78, 5) is 11.3. The highest BCUT2D eigenvalue weighted by atomic mass is 19.4. The summed E-state index contributed by atoms with van der Waals surface area (Å²) in [7, 11) is 0. The molecule has 1 unspecified atom stereocenters. The molecule has 1 atom stereocenters. The Morgan fingerprint density at radius 3 is 2.29 bits per heavy atom. The molecular formula is C10H19F3N2O2. The lowest BCUT2D eigenvalue weighted by atomic mass is 9.88. The van der Waals surface area contributed by atoms with Crippen molar-refractivity contribution in [3.8, 4) is 0 Å². The molecule has 0 bridgehead atoms. The third-order valence-corrected chi connectivity index (χ3v) is 2.62. The molecule has 0 heterocycles. The zero-order chi connectivity index (χ0) is 13.7. The normalized spacial score (nSPS) is 15.8. The first-order chi connectivity index (χ1) is 7.60. The van der Waals surface area contributed by atoms with Crippen molar-refractivity contribution in [3.05, 3.63) is 0 Å². The molecule has 0 rings (SSSR count). The molecule has 0 aliphatic carbocycles. The highest BCUT2D eigenvalue weighted by Crippen LogP contribution is 2.15. The Hall–Kier alpha value is -0.820. The Morgan fingerprint density at radius 2 is 1.94 bits per heavy atom. The van der Waals surface area contributed by atoms with Crippen LogP contribution in [0, 0.1) is 5.92 Å². The average Bonchev–Trinajstić information content (AvgIpc) is 2.15. The van der Waals surface area contributed by atoms with Crippen LogP contribution in [-0.4, -0.2) is 37.4 Å². The maximum absolute atomic E-state index is 11.8. The minimum Gasteiger partial charge on any atom is -0.362 e. The zero-order valence-corrected chi connectivity index (χ0v) is 10.2. The van der Waals surface area contributed by atoms with E-state index < -0.39 is 30.8 Å². The Morgan fingerprint density at radius 1 is 1.41 bits per heavy atom. The van der Waals surface area contributed by atoms with Crippen LogP contribution >= 0.6 is 0 Å². The van der Waals surface area contributed by atoms with Crippen LogP contribution in [-0.2, 0) is 9.53 Å². The summed E-state index contributed by atoms with van der Waals surface area (Å²) in [6.45, 7) is 3.62. The van der Waals surface area contributed by atoms with Crippen LogP contribution in [0.4, 0.5) is 13.2 Å². The molecule has 0 aromatic rings. The Labute approximate surface area is 98.7 Å². The lowest BCUT2D eigenvalue weighted by Crippen LogP contribution is -2.55. The standard InChI is InChI=1S/C10H19F3N2O2/c1-7(2)9(3,5-14)15-8(16)4-17-6-10(11,12)13/h7H,4-6,14H2,1-3H3,(H,15,16). The van der Waals surface area contributed by atoms with Gasteiger partial charge in [-0.25, -0.2) is 0 Å². The predicted molar refractivity (Wildman–Crippen MR) is 57.3 cm³/mol. The van der Waals surface area contributed by atoms with Crippen molar-refractivity contribution in [1.82, 2.24) is 5.32 Å². The van der Waals surface area contributed by atoms with Gasteiger partial charge in [-0.05, 0) is 12.8 Å². The van der Waals surface area contributed by atoms with Gasteiger partial charge in [0, 0.05) is 6.54 Å². The van der Waals surface area contributed by atoms with Gasteiger partial charge in [0.15, 0.2) is 0 Å². The van der Waals surface area contributed by atoms with Crippen molar-refractivity contribution < 1.29 is 22.7 Å². The number of amides is 1. The average molecular weight is 256 g/mol. The summed E-state index contributed by atoms with van der Waals surface area (Å²) in [5.74, 6) is -0.532. The summed E-state index contributed by atoms with van der Waals surface area (Å²) in [6, 6.07) is 0. The van der Waals surface area contributed by atoms with E-state index >= 15 is 0 Å². The van der Waals surface area contributed by atoms with Crippen LogP contribution in [0.1, 0.15) is 20.8 Å². The number of rotatable bonds is 6. The van der Waals surface area contributed by atoms with Crippen LogP contribution < -0.4 is 11.1 Å². The zero-order valence-electron chi connectivity index (χ0n) is 10.2. The van der Waals surface area contributed by atoms with Crippen LogP contribution in [0.15, 0.2) is 0 Å². The third-order valence-electron chi connectivity index (χ3n) is 2.62. The van der Waals surface area contributed by atoms with E-state index in [1.54, 1.807) is 6.92 Å². The highest BCUT2D eigenvalue weighted by Gasteiger charge is 2.30. The van der Waals surface area contributed by atoms with E-state index in [0.717, 1.165) is 0 Å². The number of ether oxygens (including phenoxy) is 1. The number of hydrogen-bond acceptors (Lipinski definition) is 3. The number of halogens is 3. The minimum absolute atomic E-state index is 0.0686. The fraction of sp³-hybridized carbons (Fsp3) is 0.900. The highest BCUT2D eigenvalue weighted by molar-refractivity contribution is 5.78. The molecule has 0 aliphatic rings. The summed E-state index contributed by atoms with van der Waals surface area (Å²) in [6.07, 6.45) is -4.42. The summed E-state index contributed by atoms with van der Waals surface area (Å²) >= 11 is 0. The minimum atomic E-state index is -4.42. The van der Waals surface area contributed by atoms with Gasteiger partial charge >= 0.3 is 6.18 Å². The largest absolute Gasteiger partial charge is 0.411 e. The number of hydrogen-bond donors (Lipinski definition) is 2. The monoisotopic (exact) mass is 256 g/mol. The Balaban J connectivity index is 4.09. The second-order valence-corrected chi connectivity index (χ2v) is 4.43. The van der Waals surface area contributed by atoms with E-state index in [1.807, 2.05) is 13.8 Å². The lowest BCUT2D eigenvalue weighted by Gasteiger charge is -2.33. The van der Waals surface area contributed by atoms with Crippen LogP contribution in [0.3, 0.4) is 0 Å². The maximum Gasteiger partial charge on any atom is 0.411 e. The van der Waals surface area contributed by atoms with Crippen LogP contribution in [0.25, 0.3) is 0 Å². The number of carbonyl (C=O) groups excluding carboxylic acids is 1. The smallest absolute Gasteiger partial charge is 0.362 e. The van der Waals surface area contributed by atoms with Crippen molar-refractivity contribution in [1.29, 1.82) is 0 Å². The lowest BCUT2D eigenvalue weighted by molar-refractivity contribution is -0.176. The number of carbonyl (C=O) groups is 1. The molecule has 7 heteroatoms. The Bertz CT molecular complexity index is 256. The molecule has 1 amide bonds. The first-order valence-electron chi connectivity index (χ1n) is 5.26. The SMILES string of the molecule is CC(C)C(C)(CN)NC(=O)COCC(F)(F)F. The van der Waals surface area contributed by atoms with Crippen molar-refractivity contribution in [2.24, 2.45) is 11.7 Å². The number of nitrogens with one attached hydrogen (secondary N) is 1. The van der Waals surface area contributed by atoms with Gasteiger partial charge in [-0.2, -0.15) is 13.2 Å². The van der Waals surface area contributed by atoms with Gasteiger partial charge in [0.25, 0.3) is 0 Å². The topological polar surface area (TPSA) is 64.3 Å². The molecule has 0 fully saturated rings. The van der Waals surface area contributed by atoms with E-state index in [0.29, 0.717) is 0 Å². The van der Waals surface area contributed by atoms with Gasteiger partial charge in [-0.15, -0.1) is 0 Å². The van der Waals surface area contributed by atoms with Crippen LogP contribution in [0.5, 0.6) is 0 Å². The molecule has 0 saturated carbocycles. The molecule has 0 radical (unpaired) electrons. The van der Waals surface area contributed by atoms with E-state index in [1.165, 1.54) is 0 Å². The first-order valence-corrected chi connectivity index (χ1v) is 5.26. The molecule has 3 N–H and O–H groups in total. The fourth-order valence-electron chi connectivity index (χ4n) is 1.05. The molecule has 0 aromatic heterocycles. The predicted octanol–water partition coefficient (Wildman–Crippen LogP) is 1.05. The molecule has 0 saturated heterocycles. The molecule has 0 aliphatic heterocycles. The van der Waals surface area contributed by atoms with Gasteiger partial charge < -0.3 is 15.8 Å². The molecule has 4 nitrogen and oxygen atoms in total. The molecule has 17 heavy (non-hydrogen) atoms. The summed E-state index contributed by atoms with van der Waals surface area (Å²) in [5, 5.41) is 2.57. The second-order valence-electron chi connectivity index (χ2n) is 4.43. The summed E-state index contributed by atoms with van der Waals surface area (Å²) in [5.41, 5.74) is 4.88. The number of nitrogens with two attached hydrogens (primary N) is 1. The van der Waals surface area contributed by atoms with Gasteiger partial charge in [0.2, 0.25) is 5.91 Å². The first kappa shape index (κ1) is 16.2. The van der Waals surface area contributed by atoms with Gasteiger partial charge in [0.05, 0.1) is 5.54 Å². The summed E-state index contributed by atoms with van der Waals surface area (Å²) < 4.78 is 39.5. The second kappa shape index (κ2) is 6.20. The molecule has 0 aromatic carbocycles. The Kier molecular flexibility index (Phi) is 5.91. The number of alkyl halides is 3. The van der Waals surface area contributed by atoms with E-state index in [4.69, 9.17) is 5.73 Å². The van der Waals surface area contributed by atoms with Crippen molar-refractivity contribution >= 4 is 5.91 Å². The molecular weight excluding hydrogens is 237 g/mol.